The van der Waals surface area contributed by atoms with E-state index in [4.69, 9.17) is 14.2 Å². The fraction of sp³-hybridized carbons (Fsp3) is 0.757. The van der Waals surface area contributed by atoms with Crippen molar-refractivity contribution in [2.75, 3.05) is 13.2 Å². The predicted molar refractivity (Wildman–Crippen MR) is 330 cm³/mol. The van der Waals surface area contributed by atoms with Crippen molar-refractivity contribution in [3.05, 3.63) is 85.1 Å². The molecule has 0 aliphatic heterocycles. The van der Waals surface area contributed by atoms with Crippen LogP contribution in [0, 0.1) is 0 Å². The molecule has 0 aromatic rings. The summed E-state index contributed by atoms with van der Waals surface area (Å²) in [5.74, 6) is -0.874. The van der Waals surface area contributed by atoms with Gasteiger partial charge < -0.3 is 14.2 Å². The number of hydrogen-bond donors (Lipinski definition) is 0. The Labute approximate surface area is 471 Å². The van der Waals surface area contributed by atoms with Gasteiger partial charge in [0.1, 0.15) is 13.2 Å². The number of esters is 3. The molecule has 0 saturated carbocycles. The largest absolute Gasteiger partial charge is 0.462 e. The van der Waals surface area contributed by atoms with Crippen LogP contribution in [0.2, 0.25) is 0 Å². The van der Waals surface area contributed by atoms with Crippen LogP contribution in [0.1, 0.15) is 323 Å². The van der Waals surface area contributed by atoms with Crippen LogP contribution in [0.5, 0.6) is 0 Å². The van der Waals surface area contributed by atoms with E-state index in [1.807, 2.05) is 0 Å². The molecule has 0 heterocycles. The highest BCUT2D eigenvalue weighted by molar-refractivity contribution is 5.71. The summed E-state index contributed by atoms with van der Waals surface area (Å²) < 4.78 is 16.9. The molecule has 0 aromatic carbocycles. The van der Waals surface area contributed by atoms with Crippen LogP contribution in [0.3, 0.4) is 0 Å². The number of carbonyl (C=O) groups is 3. The van der Waals surface area contributed by atoms with E-state index in [-0.39, 0.29) is 31.1 Å². The number of rotatable bonds is 59. The highest BCUT2D eigenvalue weighted by Crippen LogP contribution is 2.17. The van der Waals surface area contributed by atoms with E-state index >= 15 is 0 Å². The van der Waals surface area contributed by atoms with Gasteiger partial charge in [-0.15, -0.1) is 0 Å². The molecular formula is C70H122O6. The Kier molecular flexibility index (Phi) is 61.2. The molecule has 0 saturated heterocycles. The molecule has 0 rings (SSSR count). The summed E-state index contributed by atoms with van der Waals surface area (Å²) in [6.07, 6.45) is 84.6. The Balaban J connectivity index is 4.17. The van der Waals surface area contributed by atoms with Gasteiger partial charge in [-0.3, -0.25) is 14.4 Å². The lowest BCUT2D eigenvalue weighted by molar-refractivity contribution is -0.167. The lowest BCUT2D eigenvalue weighted by atomic mass is 10.0. The van der Waals surface area contributed by atoms with Gasteiger partial charge in [-0.2, -0.15) is 0 Å². The molecule has 1 atom stereocenters. The van der Waals surface area contributed by atoms with Crippen molar-refractivity contribution in [3.8, 4) is 0 Å². The minimum Gasteiger partial charge on any atom is -0.462 e. The summed E-state index contributed by atoms with van der Waals surface area (Å²) in [5.41, 5.74) is 0. The second kappa shape index (κ2) is 64.1. The monoisotopic (exact) mass is 1060 g/mol. The first-order valence-electron chi connectivity index (χ1n) is 32.6. The molecule has 6 heteroatoms. The molecule has 1 unspecified atom stereocenters. The lowest BCUT2D eigenvalue weighted by Crippen LogP contribution is -2.30. The quantitative estimate of drug-likeness (QED) is 0.0261. The molecule has 0 N–H and O–H groups in total. The fourth-order valence-corrected chi connectivity index (χ4v) is 9.27. The van der Waals surface area contributed by atoms with Crippen LogP contribution in [-0.4, -0.2) is 37.2 Å². The van der Waals surface area contributed by atoms with E-state index in [0.717, 1.165) is 96.3 Å². The van der Waals surface area contributed by atoms with Crippen molar-refractivity contribution in [2.24, 2.45) is 0 Å². The number of allylic oxidation sites excluding steroid dienone is 14. The van der Waals surface area contributed by atoms with Crippen molar-refractivity contribution in [1.82, 2.24) is 0 Å². The molecule has 76 heavy (non-hydrogen) atoms. The Morgan fingerprint density at radius 2 is 0.513 bits per heavy atom. The van der Waals surface area contributed by atoms with Crippen LogP contribution in [-0.2, 0) is 28.6 Å². The standard InChI is InChI=1S/C70H122O6/c1-4-7-10-13-16-19-21-23-25-27-29-31-33-35-37-39-41-43-45-47-49-51-54-57-60-63-69(72)75-66-67(65-74-68(71)62-59-56-53-18-15-12-9-6-3)76-70(73)64-61-58-55-52-50-48-46-44-42-40-38-36-34-32-30-28-26-24-22-20-17-14-11-8-5-2/h7,10,16,19,22-25,28-31,34,36,67H,4-6,8-9,11-15,17-18,20-21,26-27,32-33,35,37-66H2,1-3H3/b10-7-,19-16-,24-22-,25-23-,30-28-,31-29-,36-34-. The van der Waals surface area contributed by atoms with E-state index < -0.39 is 6.10 Å². The SMILES string of the molecule is CC/C=C\C/C=C\C/C=C\C/C=C\CCCCCCCCCCCCCCC(=O)OCC(COC(=O)CCCCCCCCCC)OC(=O)CCCCCCCCCCCC/C=C\C/C=C\C/C=C\CCCCCCC. The van der Waals surface area contributed by atoms with E-state index in [1.165, 1.54) is 186 Å². The molecule has 0 aromatic heterocycles. The molecule has 0 spiro atoms. The van der Waals surface area contributed by atoms with Crippen molar-refractivity contribution in [1.29, 1.82) is 0 Å². The van der Waals surface area contributed by atoms with Gasteiger partial charge in [-0.05, 0) is 96.3 Å². The minimum absolute atomic E-state index is 0.0759. The Morgan fingerprint density at radius 1 is 0.276 bits per heavy atom. The first kappa shape index (κ1) is 72.6. The molecule has 0 radical (unpaired) electrons. The maximum absolute atomic E-state index is 12.9. The second-order valence-electron chi connectivity index (χ2n) is 21.6. The molecular weight excluding hydrogens is 937 g/mol. The maximum atomic E-state index is 12.9. The van der Waals surface area contributed by atoms with Crippen LogP contribution in [0.25, 0.3) is 0 Å². The minimum atomic E-state index is -0.777. The van der Waals surface area contributed by atoms with E-state index in [0.29, 0.717) is 19.3 Å². The van der Waals surface area contributed by atoms with Gasteiger partial charge in [0.05, 0.1) is 0 Å². The van der Waals surface area contributed by atoms with Gasteiger partial charge in [0.2, 0.25) is 0 Å². The molecule has 0 amide bonds. The number of unbranched alkanes of at least 4 members (excludes halogenated alkanes) is 34. The Morgan fingerprint density at radius 3 is 0.803 bits per heavy atom. The fourth-order valence-electron chi connectivity index (χ4n) is 9.27. The lowest BCUT2D eigenvalue weighted by Gasteiger charge is -2.18. The van der Waals surface area contributed by atoms with Crippen molar-refractivity contribution in [3.63, 3.8) is 0 Å². The van der Waals surface area contributed by atoms with Gasteiger partial charge in [-0.1, -0.05) is 292 Å². The van der Waals surface area contributed by atoms with Crippen LogP contribution in [0.15, 0.2) is 85.1 Å². The van der Waals surface area contributed by atoms with Gasteiger partial charge >= 0.3 is 17.9 Å². The van der Waals surface area contributed by atoms with Crippen molar-refractivity contribution >= 4 is 17.9 Å². The number of ether oxygens (including phenoxy) is 3. The van der Waals surface area contributed by atoms with Crippen molar-refractivity contribution in [2.45, 2.75) is 329 Å². The summed E-state index contributed by atoms with van der Waals surface area (Å²) in [7, 11) is 0. The normalized spacial score (nSPS) is 12.6. The first-order chi connectivity index (χ1) is 37.5. The van der Waals surface area contributed by atoms with E-state index in [1.54, 1.807) is 0 Å². The van der Waals surface area contributed by atoms with E-state index in [9.17, 15) is 14.4 Å². The highest BCUT2D eigenvalue weighted by Gasteiger charge is 2.19. The average Bonchev–Trinajstić information content (AvgIpc) is 3.42. The summed E-state index contributed by atoms with van der Waals surface area (Å²) in [6.45, 7) is 6.51. The van der Waals surface area contributed by atoms with Crippen molar-refractivity contribution < 1.29 is 28.6 Å². The smallest absolute Gasteiger partial charge is 0.306 e. The third-order valence-corrected chi connectivity index (χ3v) is 14.1. The molecule has 6 nitrogen and oxygen atoms in total. The molecule has 0 bridgehead atoms. The third-order valence-electron chi connectivity index (χ3n) is 14.1. The highest BCUT2D eigenvalue weighted by atomic mass is 16.6. The zero-order valence-corrected chi connectivity index (χ0v) is 50.3. The molecule has 0 aliphatic carbocycles. The summed E-state index contributed by atoms with van der Waals surface area (Å²) in [5, 5.41) is 0. The number of hydrogen-bond acceptors (Lipinski definition) is 6. The molecule has 438 valence electrons. The van der Waals surface area contributed by atoms with Crippen LogP contribution < -0.4 is 0 Å². The second-order valence-corrected chi connectivity index (χ2v) is 21.6. The van der Waals surface area contributed by atoms with E-state index in [2.05, 4.69) is 106 Å². The van der Waals surface area contributed by atoms with Gasteiger partial charge in [0.25, 0.3) is 0 Å². The number of carbonyl (C=O) groups excluding carboxylic acids is 3. The zero-order valence-electron chi connectivity index (χ0n) is 50.3. The van der Waals surface area contributed by atoms with Gasteiger partial charge in [0, 0.05) is 19.3 Å². The van der Waals surface area contributed by atoms with Crippen LogP contribution >= 0.6 is 0 Å². The van der Waals surface area contributed by atoms with Gasteiger partial charge in [0.15, 0.2) is 6.10 Å². The summed E-state index contributed by atoms with van der Waals surface area (Å²) in [6, 6.07) is 0. The molecule has 0 aliphatic rings. The van der Waals surface area contributed by atoms with Crippen LogP contribution in [0.4, 0.5) is 0 Å². The summed E-state index contributed by atoms with van der Waals surface area (Å²) >= 11 is 0. The predicted octanol–water partition coefficient (Wildman–Crippen LogP) is 22.3. The first-order valence-corrected chi connectivity index (χ1v) is 32.6. The third kappa shape index (κ3) is 61.4. The Bertz CT molecular complexity index is 1450. The maximum Gasteiger partial charge on any atom is 0.306 e. The van der Waals surface area contributed by atoms with Gasteiger partial charge in [-0.25, -0.2) is 0 Å². The zero-order chi connectivity index (χ0) is 55.0. The average molecular weight is 1060 g/mol. The Hall–Kier alpha value is -3.41. The molecule has 0 fully saturated rings. The summed E-state index contributed by atoms with van der Waals surface area (Å²) in [4.78, 5) is 38.2. The topological polar surface area (TPSA) is 78.9 Å².